The fourth-order valence-corrected chi connectivity index (χ4v) is 1.67. The topological polar surface area (TPSA) is 89.6 Å². The Morgan fingerprint density at radius 3 is 2.75 bits per heavy atom. The van der Waals surface area contributed by atoms with E-state index in [9.17, 15) is 9.59 Å². The Hall–Kier alpha value is -2.15. The molecule has 1 aromatic heterocycles. The molecule has 0 aliphatic heterocycles. The molecule has 0 spiro atoms. The lowest BCUT2D eigenvalue weighted by Crippen LogP contribution is -2.46. The number of nitrogens with zero attached hydrogens (tertiary/aromatic N) is 1. The number of carbonyl (C=O) groups excluding carboxylic acids is 2. The number of esters is 1. The van der Waals surface area contributed by atoms with Crippen molar-refractivity contribution in [1.29, 1.82) is 0 Å². The molecular formula is C13H19N3O4. The van der Waals surface area contributed by atoms with E-state index >= 15 is 0 Å². The van der Waals surface area contributed by atoms with Crippen molar-refractivity contribution >= 4 is 11.9 Å². The second-order valence-corrected chi connectivity index (χ2v) is 4.08. The summed E-state index contributed by atoms with van der Waals surface area (Å²) in [5.41, 5.74) is 0.862. The fraction of sp³-hybridized carbons (Fsp3) is 0.462. The van der Waals surface area contributed by atoms with Crippen LogP contribution in [0.2, 0.25) is 0 Å². The van der Waals surface area contributed by atoms with Crippen LogP contribution in [-0.2, 0) is 20.9 Å². The maximum absolute atomic E-state index is 11.5. The summed E-state index contributed by atoms with van der Waals surface area (Å²) < 4.78 is 9.75. The summed E-state index contributed by atoms with van der Waals surface area (Å²) in [5.74, 6) is -0.263. The molecule has 0 radical (unpaired) electrons. The van der Waals surface area contributed by atoms with Gasteiger partial charge in [-0.1, -0.05) is 6.07 Å². The summed E-state index contributed by atoms with van der Waals surface area (Å²) in [6, 6.07) is 2.94. The molecule has 0 fully saturated rings. The zero-order valence-corrected chi connectivity index (χ0v) is 11.8. The van der Waals surface area contributed by atoms with Crippen molar-refractivity contribution in [2.75, 3.05) is 20.8 Å². The zero-order valence-electron chi connectivity index (χ0n) is 11.8. The van der Waals surface area contributed by atoms with E-state index in [0.29, 0.717) is 12.4 Å². The number of nitrogens with one attached hydrogen (secondary N) is 2. The molecular weight excluding hydrogens is 262 g/mol. The number of carbonyl (C=O) groups is 2. The van der Waals surface area contributed by atoms with Crippen molar-refractivity contribution < 1.29 is 19.1 Å². The van der Waals surface area contributed by atoms with Crippen LogP contribution in [0.3, 0.4) is 0 Å². The molecule has 1 atom stereocenters. The van der Waals surface area contributed by atoms with Gasteiger partial charge >= 0.3 is 5.97 Å². The van der Waals surface area contributed by atoms with E-state index in [-0.39, 0.29) is 12.5 Å². The van der Waals surface area contributed by atoms with Gasteiger partial charge in [0.1, 0.15) is 6.04 Å². The molecule has 0 aromatic carbocycles. The number of methoxy groups -OCH3 is 2. The highest BCUT2D eigenvalue weighted by molar-refractivity contribution is 5.83. The average molecular weight is 281 g/mol. The first kappa shape index (κ1) is 15.9. The first-order chi connectivity index (χ1) is 9.58. The molecule has 7 nitrogen and oxygen atoms in total. The van der Waals surface area contributed by atoms with E-state index in [0.717, 1.165) is 5.56 Å². The van der Waals surface area contributed by atoms with Crippen molar-refractivity contribution in [1.82, 2.24) is 15.6 Å². The molecule has 20 heavy (non-hydrogen) atoms. The van der Waals surface area contributed by atoms with Gasteiger partial charge < -0.3 is 20.1 Å². The molecule has 0 bridgehead atoms. The van der Waals surface area contributed by atoms with Crippen LogP contribution < -0.4 is 15.4 Å². The van der Waals surface area contributed by atoms with Crippen LogP contribution in [0.4, 0.5) is 0 Å². The van der Waals surface area contributed by atoms with E-state index in [2.05, 4.69) is 20.4 Å². The highest BCUT2D eigenvalue weighted by Gasteiger charge is 2.19. The summed E-state index contributed by atoms with van der Waals surface area (Å²) in [4.78, 5) is 26.6. The highest BCUT2D eigenvalue weighted by Crippen LogP contribution is 2.12. The number of hydrogen-bond donors (Lipinski definition) is 2. The van der Waals surface area contributed by atoms with Gasteiger partial charge in [0.25, 0.3) is 0 Å². The summed E-state index contributed by atoms with van der Waals surface area (Å²) in [5, 5.41) is 5.58. The summed E-state index contributed by atoms with van der Waals surface area (Å²) in [6.07, 6.45) is 1.64. The Morgan fingerprint density at radius 1 is 1.40 bits per heavy atom. The minimum absolute atomic E-state index is 0.254. The molecule has 0 aliphatic carbocycles. The maximum atomic E-state index is 11.5. The monoisotopic (exact) mass is 281 g/mol. The first-order valence-corrected chi connectivity index (χ1v) is 6.12. The molecule has 110 valence electrons. The third kappa shape index (κ3) is 4.85. The third-order valence-corrected chi connectivity index (χ3v) is 2.57. The standard InChI is InChI=1S/C13H19N3O4/c1-9(17)16-11(13(18)20-3)8-14-7-10-5-4-6-15-12(10)19-2/h4-6,11,14H,7-8H2,1-3H3,(H,16,17). The molecule has 0 saturated heterocycles. The van der Waals surface area contributed by atoms with Gasteiger partial charge in [0, 0.05) is 31.8 Å². The molecule has 1 aromatic rings. The second kappa shape index (κ2) is 8.11. The van der Waals surface area contributed by atoms with E-state index in [1.54, 1.807) is 19.4 Å². The van der Waals surface area contributed by atoms with Crippen LogP contribution in [-0.4, -0.2) is 43.7 Å². The van der Waals surface area contributed by atoms with Crippen LogP contribution in [0, 0.1) is 0 Å². The van der Waals surface area contributed by atoms with E-state index in [1.165, 1.54) is 14.0 Å². The fourth-order valence-electron chi connectivity index (χ4n) is 1.67. The Kier molecular flexibility index (Phi) is 6.45. The molecule has 0 saturated carbocycles. The number of amides is 1. The summed E-state index contributed by atoms with van der Waals surface area (Å²) >= 11 is 0. The number of aromatic nitrogens is 1. The van der Waals surface area contributed by atoms with Crippen molar-refractivity contribution in [2.24, 2.45) is 0 Å². The van der Waals surface area contributed by atoms with E-state index in [4.69, 9.17) is 4.74 Å². The number of rotatable bonds is 7. The van der Waals surface area contributed by atoms with Crippen molar-refractivity contribution in [3.8, 4) is 5.88 Å². The normalized spacial score (nSPS) is 11.6. The molecule has 1 unspecified atom stereocenters. The van der Waals surface area contributed by atoms with Gasteiger partial charge in [-0.3, -0.25) is 4.79 Å². The van der Waals surface area contributed by atoms with Crippen LogP contribution in [0.5, 0.6) is 5.88 Å². The van der Waals surface area contributed by atoms with Crippen LogP contribution >= 0.6 is 0 Å². The molecule has 7 heteroatoms. The van der Waals surface area contributed by atoms with Gasteiger partial charge in [0.2, 0.25) is 11.8 Å². The Bertz CT molecular complexity index is 465. The van der Waals surface area contributed by atoms with Crippen molar-refractivity contribution in [2.45, 2.75) is 19.5 Å². The van der Waals surface area contributed by atoms with Gasteiger partial charge in [-0.05, 0) is 6.07 Å². The lowest BCUT2D eigenvalue weighted by atomic mass is 10.2. The third-order valence-electron chi connectivity index (χ3n) is 2.57. The zero-order chi connectivity index (χ0) is 15.0. The van der Waals surface area contributed by atoms with Gasteiger partial charge in [-0.2, -0.15) is 0 Å². The van der Waals surface area contributed by atoms with E-state index < -0.39 is 12.0 Å². The number of ether oxygens (including phenoxy) is 2. The minimum atomic E-state index is -0.722. The molecule has 1 amide bonds. The minimum Gasteiger partial charge on any atom is -0.481 e. The van der Waals surface area contributed by atoms with Crippen LogP contribution in [0.25, 0.3) is 0 Å². The maximum Gasteiger partial charge on any atom is 0.329 e. The average Bonchev–Trinajstić information content (AvgIpc) is 2.45. The lowest BCUT2D eigenvalue weighted by molar-refractivity contribution is -0.144. The van der Waals surface area contributed by atoms with Crippen molar-refractivity contribution in [3.63, 3.8) is 0 Å². The molecule has 1 heterocycles. The predicted octanol–water partition coefficient (Wildman–Crippen LogP) is -0.143. The quantitative estimate of drug-likeness (QED) is 0.676. The van der Waals surface area contributed by atoms with Gasteiger partial charge in [-0.25, -0.2) is 9.78 Å². The van der Waals surface area contributed by atoms with Crippen LogP contribution in [0.1, 0.15) is 12.5 Å². The van der Waals surface area contributed by atoms with Gasteiger partial charge in [0.15, 0.2) is 0 Å². The first-order valence-electron chi connectivity index (χ1n) is 6.12. The van der Waals surface area contributed by atoms with Crippen molar-refractivity contribution in [3.05, 3.63) is 23.9 Å². The lowest BCUT2D eigenvalue weighted by Gasteiger charge is -2.16. The molecule has 1 rings (SSSR count). The Labute approximate surface area is 117 Å². The van der Waals surface area contributed by atoms with Gasteiger partial charge in [0.05, 0.1) is 14.2 Å². The van der Waals surface area contributed by atoms with E-state index in [1.807, 2.05) is 6.07 Å². The Morgan fingerprint density at radius 2 is 2.15 bits per heavy atom. The Balaban J connectivity index is 2.55. The SMILES string of the molecule is COC(=O)C(CNCc1cccnc1OC)NC(C)=O. The molecule has 0 aliphatic rings. The molecule has 2 N–H and O–H groups in total. The highest BCUT2D eigenvalue weighted by atomic mass is 16.5. The largest absolute Gasteiger partial charge is 0.481 e. The van der Waals surface area contributed by atoms with Crippen LogP contribution in [0.15, 0.2) is 18.3 Å². The summed E-state index contributed by atoms with van der Waals surface area (Å²) in [7, 11) is 2.82. The number of pyridine rings is 1. The predicted molar refractivity (Wildman–Crippen MR) is 72.1 cm³/mol. The smallest absolute Gasteiger partial charge is 0.329 e. The van der Waals surface area contributed by atoms with Gasteiger partial charge in [-0.15, -0.1) is 0 Å². The second-order valence-electron chi connectivity index (χ2n) is 4.08. The summed E-state index contributed by atoms with van der Waals surface area (Å²) in [6.45, 7) is 2.06. The number of hydrogen-bond acceptors (Lipinski definition) is 6.